The zero-order valence-corrected chi connectivity index (χ0v) is 6.43. The van der Waals surface area contributed by atoms with Gasteiger partial charge in [0, 0.05) is 7.05 Å². The molecule has 0 bridgehead atoms. The lowest BCUT2D eigenvalue weighted by Gasteiger charge is -2.24. The predicted octanol–water partition coefficient (Wildman–Crippen LogP) is -0.798. The molecular weight excluding hydrogens is 118 g/mol. The Bertz CT molecular complexity index is 65.2. The molecule has 4 heteroatoms. The molecule has 0 aromatic heterocycles. The minimum absolute atomic E-state index is 0.0787. The lowest BCUT2D eigenvalue weighted by Crippen LogP contribution is -2.49. The van der Waals surface area contributed by atoms with E-state index < -0.39 is 0 Å². The van der Waals surface area contributed by atoms with Gasteiger partial charge < -0.3 is 0 Å². The SMILES string of the molecule is CNC(NC)N(C)OC. The molecular formula is C5H15N3O. The standard InChI is InChI=1S/C5H15N3O/c1-6-5(7-2)8(3)9-4/h5-7H,1-4H3. The summed E-state index contributed by atoms with van der Waals surface area (Å²) in [6.07, 6.45) is 0.0787. The summed E-state index contributed by atoms with van der Waals surface area (Å²) in [5, 5.41) is 7.66. The van der Waals surface area contributed by atoms with E-state index in [-0.39, 0.29) is 6.29 Å². The van der Waals surface area contributed by atoms with Crippen molar-refractivity contribution in [3.8, 4) is 0 Å². The van der Waals surface area contributed by atoms with Crippen molar-refractivity contribution in [1.82, 2.24) is 15.7 Å². The van der Waals surface area contributed by atoms with Crippen LogP contribution in [0.2, 0.25) is 0 Å². The summed E-state index contributed by atoms with van der Waals surface area (Å²) in [7, 11) is 7.19. The van der Waals surface area contributed by atoms with Gasteiger partial charge in [-0.25, -0.2) is 0 Å². The maximum Gasteiger partial charge on any atom is 0.136 e. The number of rotatable bonds is 4. The third kappa shape index (κ3) is 2.76. The molecule has 0 unspecified atom stereocenters. The summed E-state index contributed by atoms with van der Waals surface area (Å²) >= 11 is 0. The summed E-state index contributed by atoms with van der Waals surface area (Å²) in [4.78, 5) is 4.90. The minimum Gasteiger partial charge on any atom is -0.300 e. The minimum atomic E-state index is 0.0787. The first-order valence-corrected chi connectivity index (χ1v) is 2.87. The van der Waals surface area contributed by atoms with Gasteiger partial charge in [0.1, 0.15) is 6.29 Å². The number of hydroxylamine groups is 2. The van der Waals surface area contributed by atoms with Crippen LogP contribution in [0.25, 0.3) is 0 Å². The van der Waals surface area contributed by atoms with Gasteiger partial charge in [-0.2, -0.15) is 5.06 Å². The van der Waals surface area contributed by atoms with Crippen LogP contribution < -0.4 is 10.6 Å². The molecule has 2 N–H and O–H groups in total. The Morgan fingerprint density at radius 3 is 1.89 bits per heavy atom. The Balaban J connectivity index is 3.50. The topological polar surface area (TPSA) is 36.5 Å². The van der Waals surface area contributed by atoms with Crippen molar-refractivity contribution in [2.24, 2.45) is 0 Å². The maximum atomic E-state index is 4.90. The lowest BCUT2D eigenvalue weighted by molar-refractivity contribution is -0.154. The van der Waals surface area contributed by atoms with Crippen LogP contribution in [0.3, 0.4) is 0 Å². The van der Waals surface area contributed by atoms with Gasteiger partial charge in [0.2, 0.25) is 0 Å². The van der Waals surface area contributed by atoms with E-state index in [1.807, 2.05) is 21.1 Å². The monoisotopic (exact) mass is 133 g/mol. The van der Waals surface area contributed by atoms with E-state index >= 15 is 0 Å². The summed E-state index contributed by atoms with van der Waals surface area (Å²) in [5.74, 6) is 0. The molecule has 0 heterocycles. The molecule has 4 nitrogen and oxygen atoms in total. The van der Waals surface area contributed by atoms with Gasteiger partial charge in [-0.05, 0) is 14.1 Å². The summed E-state index contributed by atoms with van der Waals surface area (Å²) in [6, 6.07) is 0. The average molecular weight is 133 g/mol. The van der Waals surface area contributed by atoms with Crippen molar-refractivity contribution >= 4 is 0 Å². The highest BCUT2D eigenvalue weighted by atomic mass is 16.7. The Morgan fingerprint density at radius 1 is 1.33 bits per heavy atom. The maximum absolute atomic E-state index is 4.90. The van der Waals surface area contributed by atoms with E-state index in [9.17, 15) is 0 Å². The fraction of sp³-hybridized carbons (Fsp3) is 1.00. The first-order valence-electron chi connectivity index (χ1n) is 2.87. The Morgan fingerprint density at radius 2 is 1.78 bits per heavy atom. The largest absolute Gasteiger partial charge is 0.300 e. The fourth-order valence-corrected chi connectivity index (χ4v) is 0.613. The molecule has 0 aromatic carbocycles. The molecule has 0 amide bonds. The highest BCUT2D eigenvalue weighted by Gasteiger charge is 2.06. The van der Waals surface area contributed by atoms with E-state index in [1.54, 1.807) is 12.2 Å². The van der Waals surface area contributed by atoms with Gasteiger partial charge in [0.05, 0.1) is 7.11 Å². The number of nitrogens with one attached hydrogen (secondary N) is 2. The van der Waals surface area contributed by atoms with Crippen molar-refractivity contribution in [3.63, 3.8) is 0 Å². The molecule has 0 aliphatic rings. The number of hydrogen-bond acceptors (Lipinski definition) is 4. The van der Waals surface area contributed by atoms with E-state index in [4.69, 9.17) is 4.84 Å². The predicted molar refractivity (Wildman–Crippen MR) is 36.7 cm³/mol. The summed E-state index contributed by atoms with van der Waals surface area (Å²) < 4.78 is 0. The van der Waals surface area contributed by atoms with Gasteiger partial charge in [-0.1, -0.05) is 0 Å². The first kappa shape index (κ1) is 8.84. The smallest absolute Gasteiger partial charge is 0.136 e. The molecule has 9 heavy (non-hydrogen) atoms. The molecule has 0 aliphatic carbocycles. The third-order valence-electron chi connectivity index (χ3n) is 1.20. The van der Waals surface area contributed by atoms with E-state index in [0.29, 0.717) is 0 Å². The fourth-order valence-electron chi connectivity index (χ4n) is 0.613. The summed E-state index contributed by atoms with van der Waals surface area (Å²) in [6.45, 7) is 0. The van der Waals surface area contributed by atoms with Gasteiger partial charge in [-0.15, -0.1) is 0 Å². The molecule has 0 radical (unpaired) electrons. The van der Waals surface area contributed by atoms with Crippen molar-refractivity contribution in [2.45, 2.75) is 6.29 Å². The molecule has 0 rings (SSSR count). The highest BCUT2D eigenvalue weighted by Crippen LogP contribution is 1.83. The zero-order chi connectivity index (χ0) is 7.28. The quantitative estimate of drug-likeness (QED) is 0.389. The molecule has 0 saturated heterocycles. The molecule has 56 valence electrons. The second kappa shape index (κ2) is 4.69. The van der Waals surface area contributed by atoms with Gasteiger partial charge in [0.15, 0.2) is 0 Å². The van der Waals surface area contributed by atoms with Crippen molar-refractivity contribution in [1.29, 1.82) is 0 Å². The van der Waals surface area contributed by atoms with Gasteiger partial charge in [-0.3, -0.25) is 15.5 Å². The van der Waals surface area contributed by atoms with Crippen molar-refractivity contribution in [2.75, 3.05) is 28.3 Å². The van der Waals surface area contributed by atoms with Gasteiger partial charge >= 0.3 is 0 Å². The van der Waals surface area contributed by atoms with E-state index in [2.05, 4.69) is 10.6 Å². The average Bonchev–Trinajstić information content (AvgIpc) is 1.90. The molecule has 0 spiro atoms. The second-order valence-electron chi connectivity index (χ2n) is 1.71. The highest BCUT2D eigenvalue weighted by molar-refractivity contribution is 4.48. The Hall–Kier alpha value is -0.160. The molecule has 0 aromatic rings. The van der Waals surface area contributed by atoms with Crippen LogP contribution in [0, 0.1) is 0 Å². The van der Waals surface area contributed by atoms with E-state index in [0.717, 1.165) is 0 Å². The van der Waals surface area contributed by atoms with Crippen molar-refractivity contribution < 1.29 is 4.84 Å². The molecule has 0 atom stereocenters. The molecule has 0 aliphatic heterocycles. The van der Waals surface area contributed by atoms with Crippen LogP contribution in [0.15, 0.2) is 0 Å². The first-order chi connectivity index (χ1) is 4.26. The Labute approximate surface area is 56.1 Å². The number of hydrogen-bond donors (Lipinski definition) is 2. The van der Waals surface area contributed by atoms with Crippen molar-refractivity contribution in [3.05, 3.63) is 0 Å². The van der Waals surface area contributed by atoms with E-state index in [1.165, 1.54) is 0 Å². The normalized spacial score (nSPS) is 11.3. The van der Waals surface area contributed by atoms with Gasteiger partial charge in [0.25, 0.3) is 0 Å². The van der Waals surface area contributed by atoms with Crippen LogP contribution in [0.4, 0.5) is 0 Å². The van der Waals surface area contributed by atoms with Crippen LogP contribution in [-0.2, 0) is 4.84 Å². The molecule has 0 fully saturated rings. The third-order valence-corrected chi connectivity index (χ3v) is 1.20. The summed E-state index contributed by atoms with van der Waals surface area (Å²) in [5.41, 5.74) is 0. The zero-order valence-electron chi connectivity index (χ0n) is 6.43. The lowest BCUT2D eigenvalue weighted by atomic mass is 10.8. The second-order valence-corrected chi connectivity index (χ2v) is 1.71. The van der Waals surface area contributed by atoms with Crippen LogP contribution in [0.1, 0.15) is 0 Å². The van der Waals surface area contributed by atoms with Crippen LogP contribution in [-0.4, -0.2) is 39.6 Å². The van der Waals surface area contributed by atoms with Crippen LogP contribution in [0.5, 0.6) is 0 Å². The number of nitrogens with zero attached hydrogens (tertiary/aromatic N) is 1. The van der Waals surface area contributed by atoms with Crippen LogP contribution >= 0.6 is 0 Å². The molecule has 0 saturated carbocycles. The Kier molecular flexibility index (Phi) is 4.61.